The number of hydrogen-bond acceptors (Lipinski definition) is 3. The highest BCUT2D eigenvalue weighted by molar-refractivity contribution is 7.89. The second-order valence-corrected chi connectivity index (χ2v) is 6.26. The van der Waals surface area contributed by atoms with Crippen LogP contribution in [0.2, 0.25) is 0 Å². The zero-order valence-corrected chi connectivity index (χ0v) is 12.1. The van der Waals surface area contributed by atoms with Gasteiger partial charge in [0.15, 0.2) is 0 Å². The van der Waals surface area contributed by atoms with Gasteiger partial charge in [-0.3, -0.25) is 0 Å². The van der Waals surface area contributed by atoms with Crippen LogP contribution in [0.4, 0.5) is 0 Å². The van der Waals surface area contributed by atoms with E-state index in [0.29, 0.717) is 6.54 Å². The van der Waals surface area contributed by atoms with Crippen molar-refractivity contribution < 1.29 is 8.42 Å². The van der Waals surface area contributed by atoms with Gasteiger partial charge in [0.05, 0.1) is 5.75 Å². The maximum atomic E-state index is 11.6. The maximum Gasteiger partial charge on any atom is 0.211 e. The molecule has 0 rings (SSSR count). The second-order valence-electron chi connectivity index (χ2n) is 4.33. The third-order valence-corrected chi connectivity index (χ3v) is 4.09. The molecule has 0 aromatic heterocycles. The monoisotopic (exact) mass is 264 g/mol. The minimum Gasteiger partial charge on any atom is -0.317 e. The Kier molecular flexibility index (Phi) is 10.9. The number of hydrogen-bond donors (Lipinski definition) is 2. The first kappa shape index (κ1) is 16.9. The summed E-state index contributed by atoms with van der Waals surface area (Å²) < 4.78 is 25.8. The van der Waals surface area contributed by atoms with E-state index >= 15 is 0 Å². The van der Waals surface area contributed by atoms with Crippen molar-refractivity contribution in [3.8, 4) is 0 Å². The van der Waals surface area contributed by atoms with Crippen molar-refractivity contribution in [3.05, 3.63) is 0 Å². The van der Waals surface area contributed by atoms with E-state index in [-0.39, 0.29) is 5.75 Å². The van der Waals surface area contributed by atoms with Gasteiger partial charge in [0.25, 0.3) is 0 Å². The fourth-order valence-corrected chi connectivity index (χ4v) is 2.75. The van der Waals surface area contributed by atoms with Crippen LogP contribution in [0.1, 0.15) is 52.4 Å². The molecule has 2 N–H and O–H groups in total. The van der Waals surface area contributed by atoms with Gasteiger partial charge in [-0.15, -0.1) is 0 Å². The Morgan fingerprint density at radius 2 is 1.59 bits per heavy atom. The zero-order chi connectivity index (χ0) is 13.0. The van der Waals surface area contributed by atoms with Gasteiger partial charge in [-0.2, -0.15) is 0 Å². The topological polar surface area (TPSA) is 58.2 Å². The third kappa shape index (κ3) is 12.1. The van der Waals surface area contributed by atoms with E-state index in [2.05, 4.69) is 23.9 Å². The molecular formula is C12H28N2O2S. The van der Waals surface area contributed by atoms with Crippen molar-refractivity contribution in [1.82, 2.24) is 10.0 Å². The first-order valence-electron chi connectivity index (χ1n) is 6.80. The predicted octanol–water partition coefficient (Wildman–Crippen LogP) is 1.88. The van der Waals surface area contributed by atoms with Crippen molar-refractivity contribution in [1.29, 1.82) is 0 Å². The predicted molar refractivity (Wildman–Crippen MR) is 73.7 cm³/mol. The van der Waals surface area contributed by atoms with E-state index in [4.69, 9.17) is 0 Å². The lowest BCUT2D eigenvalue weighted by Crippen LogP contribution is -2.27. The summed E-state index contributed by atoms with van der Waals surface area (Å²) in [6.07, 6.45) is 6.08. The van der Waals surface area contributed by atoms with Gasteiger partial charge in [0.1, 0.15) is 0 Å². The van der Waals surface area contributed by atoms with Crippen LogP contribution in [0.3, 0.4) is 0 Å². The van der Waals surface area contributed by atoms with Crippen molar-refractivity contribution >= 4 is 10.0 Å². The number of sulfonamides is 1. The summed E-state index contributed by atoms with van der Waals surface area (Å²) in [5.41, 5.74) is 0. The molecule has 0 fully saturated rings. The zero-order valence-electron chi connectivity index (χ0n) is 11.3. The molecule has 0 saturated heterocycles. The molecule has 0 amide bonds. The minimum absolute atomic E-state index is 0.256. The second kappa shape index (κ2) is 11.0. The summed E-state index contributed by atoms with van der Waals surface area (Å²) >= 11 is 0. The standard InChI is InChI=1S/C12H28N2O2S/c1-3-5-6-7-11-14-17(15,16)12-9-8-10-13-4-2/h13-14H,3-12H2,1-2H3. The first-order valence-corrected chi connectivity index (χ1v) is 8.45. The summed E-state index contributed by atoms with van der Waals surface area (Å²) in [5, 5.41) is 3.19. The average molecular weight is 264 g/mol. The Morgan fingerprint density at radius 3 is 2.24 bits per heavy atom. The molecule has 0 spiro atoms. The normalized spacial score (nSPS) is 11.9. The summed E-state index contributed by atoms with van der Waals surface area (Å²) in [7, 11) is -3.03. The summed E-state index contributed by atoms with van der Waals surface area (Å²) in [6, 6.07) is 0. The molecule has 5 heteroatoms. The van der Waals surface area contributed by atoms with Crippen molar-refractivity contribution in [2.45, 2.75) is 52.4 Å². The van der Waals surface area contributed by atoms with Crippen LogP contribution in [0, 0.1) is 0 Å². The van der Waals surface area contributed by atoms with E-state index < -0.39 is 10.0 Å². The van der Waals surface area contributed by atoms with Crippen LogP contribution >= 0.6 is 0 Å². The maximum absolute atomic E-state index is 11.6. The highest BCUT2D eigenvalue weighted by Crippen LogP contribution is 1.99. The van der Waals surface area contributed by atoms with Gasteiger partial charge in [-0.25, -0.2) is 13.1 Å². The van der Waals surface area contributed by atoms with Crippen LogP contribution in [0.5, 0.6) is 0 Å². The van der Waals surface area contributed by atoms with E-state index in [1.165, 1.54) is 12.8 Å². The Labute approximate surface area is 107 Å². The molecule has 0 aromatic rings. The largest absolute Gasteiger partial charge is 0.317 e. The number of nitrogens with one attached hydrogen (secondary N) is 2. The highest BCUT2D eigenvalue weighted by atomic mass is 32.2. The quantitative estimate of drug-likeness (QED) is 0.529. The van der Waals surface area contributed by atoms with Crippen LogP contribution < -0.4 is 10.0 Å². The molecule has 0 saturated carbocycles. The van der Waals surface area contributed by atoms with E-state index in [1.54, 1.807) is 0 Å². The van der Waals surface area contributed by atoms with Gasteiger partial charge in [0.2, 0.25) is 10.0 Å². The highest BCUT2D eigenvalue weighted by Gasteiger charge is 2.08. The van der Waals surface area contributed by atoms with Gasteiger partial charge in [-0.05, 0) is 32.4 Å². The van der Waals surface area contributed by atoms with Gasteiger partial charge in [0, 0.05) is 6.54 Å². The Hall–Kier alpha value is -0.130. The van der Waals surface area contributed by atoms with Crippen LogP contribution in [-0.2, 0) is 10.0 Å². The molecule has 17 heavy (non-hydrogen) atoms. The fourth-order valence-electron chi connectivity index (χ4n) is 1.57. The molecule has 0 atom stereocenters. The molecule has 0 aliphatic rings. The SMILES string of the molecule is CCCCCCNS(=O)(=O)CCCCNCC. The van der Waals surface area contributed by atoms with Gasteiger partial charge < -0.3 is 5.32 Å². The van der Waals surface area contributed by atoms with E-state index in [0.717, 1.165) is 38.8 Å². The molecule has 0 bridgehead atoms. The summed E-state index contributed by atoms with van der Waals surface area (Å²) in [6.45, 7) is 6.64. The smallest absolute Gasteiger partial charge is 0.211 e. The molecule has 0 unspecified atom stereocenters. The lowest BCUT2D eigenvalue weighted by Gasteiger charge is -2.06. The number of rotatable bonds is 12. The van der Waals surface area contributed by atoms with E-state index in [9.17, 15) is 8.42 Å². The third-order valence-electron chi connectivity index (χ3n) is 2.62. The summed E-state index contributed by atoms with van der Waals surface area (Å²) in [4.78, 5) is 0. The van der Waals surface area contributed by atoms with Crippen molar-refractivity contribution in [2.75, 3.05) is 25.4 Å². The van der Waals surface area contributed by atoms with Crippen LogP contribution in [-0.4, -0.2) is 33.8 Å². The first-order chi connectivity index (χ1) is 8.12. The lowest BCUT2D eigenvalue weighted by atomic mass is 10.2. The molecule has 104 valence electrons. The Bertz CT molecular complexity index is 233. The van der Waals surface area contributed by atoms with Gasteiger partial charge >= 0.3 is 0 Å². The lowest BCUT2D eigenvalue weighted by molar-refractivity contribution is 0.567. The summed E-state index contributed by atoms with van der Waals surface area (Å²) in [5.74, 6) is 0.256. The van der Waals surface area contributed by atoms with Crippen molar-refractivity contribution in [2.24, 2.45) is 0 Å². The van der Waals surface area contributed by atoms with Gasteiger partial charge in [-0.1, -0.05) is 33.1 Å². The van der Waals surface area contributed by atoms with Crippen LogP contribution in [0.25, 0.3) is 0 Å². The molecule has 0 aliphatic carbocycles. The Morgan fingerprint density at radius 1 is 0.882 bits per heavy atom. The molecule has 0 radical (unpaired) electrons. The minimum atomic E-state index is -3.03. The molecular weight excluding hydrogens is 236 g/mol. The Balaban J connectivity index is 3.46. The van der Waals surface area contributed by atoms with E-state index in [1.807, 2.05) is 0 Å². The van der Waals surface area contributed by atoms with Crippen LogP contribution in [0.15, 0.2) is 0 Å². The molecule has 0 aliphatic heterocycles. The average Bonchev–Trinajstić information content (AvgIpc) is 2.28. The van der Waals surface area contributed by atoms with Crippen molar-refractivity contribution in [3.63, 3.8) is 0 Å². The number of unbranched alkanes of at least 4 members (excludes halogenated alkanes) is 4. The molecule has 0 aromatic carbocycles. The fraction of sp³-hybridized carbons (Fsp3) is 1.00. The molecule has 4 nitrogen and oxygen atoms in total. The molecule has 0 heterocycles.